The van der Waals surface area contributed by atoms with Gasteiger partial charge in [0.05, 0.1) is 16.0 Å². The van der Waals surface area contributed by atoms with Gasteiger partial charge in [-0.3, -0.25) is 4.79 Å². The summed E-state index contributed by atoms with van der Waals surface area (Å²) in [5.41, 5.74) is 5.07. The minimum Gasteiger partial charge on any atom is -0.392 e. The first-order valence-electron chi connectivity index (χ1n) is 7.11. The van der Waals surface area contributed by atoms with Crippen molar-refractivity contribution in [3.63, 3.8) is 0 Å². The van der Waals surface area contributed by atoms with Crippen molar-refractivity contribution in [3.05, 3.63) is 0 Å². The predicted octanol–water partition coefficient (Wildman–Crippen LogP) is 1.91. The van der Waals surface area contributed by atoms with E-state index in [4.69, 9.17) is 22.7 Å². The second-order valence-corrected chi connectivity index (χ2v) is 6.86. The van der Waals surface area contributed by atoms with Crippen LogP contribution >= 0.6 is 12.2 Å². The molecule has 0 aromatic carbocycles. The van der Waals surface area contributed by atoms with Crippen LogP contribution in [0, 0.1) is 5.41 Å². The quantitative estimate of drug-likeness (QED) is 0.777. The largest absolute Gasteiger partial charge is 0.392 e. The SMILES string of the molecule is CC1(C)CC(NC(=O)C2(C(N)=S)CCCC2)CCO1. The Morgan fingerprint density at radius 1 is 1.37 bits per heavy atom. The van der Waals surface area contributed by atoms with Gasteiger partial charge in [-0.25, -0.2) is 0 Å². The van der Waals surface area contributed by atoms with Crippen LogP contribution in [0.25, 0.3) is 0 Å². The molecule has 3 N–H and O–H groups in total. The Hall–Kier alpha value is -0.680. The summed E-state index contributed by atoms with van der Waals surface area (Å²) in [5.74, 6) is 0.0280. The fourth-order valence-electron chi connectivity index (χ4n) is 3.24. The summed E-state index contributed by atoms with van der Waals surface area (Å²) in [6.07, 6.45) is 5.35. The maximum Gasteiger partial charge on any atom is 0.233 e. The normalized spacial score (nSPS) is 28.8. The number of carbonyl (C=O) groups is 1. The van der Waals surface area contributed by atoms with E-state index in [1.54, 1.807) is 0 Å². The Balaban J connectivity index is 2.02. The summed E-state index contributed by atoms with van der Waals surface area (Å²) in [6, 6.07) is 0.170. The smallest absolute Gasteiger partial charge is 0.233 e. The fourth-order valence-corrected chi connectivity index (χ4v) is 3.54. The third-order valence-electron chi connectivity index (χ3n) is 4.40. The second kappa shape index (κ2) is 5.37. The molecule has 2 rings (SSSR count). The highest BCUT2D eigenvalue weighted by Crippen LogP contribution is 2.39. The minimum atomic E-state index is -0.599. The van der Waals surface area contributed by atoms with Gasteiger partial charge >= 0.3 is 0 Å². The van der Waals surface area contributed by atoms with Gasteiger partial charge < -0.3 is 15.8 Å². The molecular weight excluding hydrogens is 260 g/mol. The molecule has 108 valence electrons. The Morgan fingerprint density at radius 3 is 2.53 bits per heavy atom. The van der Waals surface area contributed by atoms with Crippen molar-refractivity contribution in [2.24, 2.45) is 11.1 Å². The third-order valence-corrected chi connectivity index (χ3v) is 4.79. The molecule has 1 saturated carbocycles. The monoisotopic (exact) mass is 284 g/mol. The summed E-state index contributed by atoms with van der Waals surface area (Å²) in [7, 11) is 0. The molecular formula is C14H24N2O2S. The summed E-state index contributed by atoms with van der Waals surface area (Å²) in [6.45, 7) is 4.81. The van der Waals surface area contributed by atoms with Crippen molar-refractivity contribution in [1.29, 1.82) is 0 Å². The van der Waals surface area contributed by atoms with Crippen LogP contribution < -0.4 is 11.1 Å². The molecule has 1 heterocycles. The van der Waals surface area contributed by atoms with Crippen molar-refractivity contribution in [3.8, 4) is 0 Å². The molecule has 4 nitrogen and oxygen atoms in total. The van der Waals surface area contributed by atoms with Crippen LogP contribution in [0.1, 0.15) is 52.4 Å². The average molecular weight is 284 g/mol. The van der Waals surface area contributed by atoms with E-state index < -0.39 is 5.41 Å². The minimum absolute atomic E-state index is 0.0280. The highest BCUT2D eigenvalue weighted by atomic mass is 32.1. The Kier molecular flexibility index (Phi) is 4.16. The number of carbonyl (C=O) groups excluding carboxylic acids is 1. The lowest BCUT2D eigenvalue weighted by molar-refractivity contribution is -0.130. The van der Waals surface area contributed by atoms with E-state index in [0.717, 1.165) is 38.5 Å². The maximum atomic E-state index is 12.6. The molecule has 0 spiro atoms. The van der Waals surface area contributed by atoms with E-state index in [1.165, 1.54) is 0 Å². The lowest BCUT2D eigenvalue weighted by Crippen LogP contribution is -2.53. The van der Waals surface area contributed by atoms with E-state index in [9.17, 15) is 4.79 Å². The second-order valence-electron chi connectivity index (χ2n) is 6.42. The maximum absolute atomic E-state index is 12.6. The molecule has 19 heavy (non-hydrogen) atoms. The van der Waals surface area contributed by atoms with Crippen molar-refractivity contribution < 1.29 is 9.53 Å². The summed E-state index contributed by atoms with van der Waals surface area (Å²) in [5, 5.41) is 3.15. The third kappa shape index (κ3) is 3.08. The lowest BCUT2D eigenvalue weighted by atomic mass is 9.84. The molecule has 2 aliphatic rings. The van der Waals surface area contributed by atoms with Crippen LogP contribution in [0.15, 0.2) is 0 Å². The summed E-state index contributed by atoms with van der Waals surface area (Å²) < 4.78 is 5.67. The van der Waals surface area contributed by atoms with Gasteiger partial charge in [-0.15, -0.1) is 0 Å². The van der Waals surface area contributed by atoms with Gasteiger partial charge in [0, 0.05) is 12.6 Å². The van der Waals surface area contributed by atoms with Crippen LogP contribution in [-0.2, 0) is 9.53 Å². The number of nitrogens with one attached hydrogen (secondary N) is 1. The average Bonchev–Trinajstić information content (AvgIpc) is 2.77. The highest BCUT2D eigenvalue weighted by Gasteiger charge is 2.45. The molecule has 1 atom stereocenters. The van der Waals surface area contributed by atoms with Crippen LogP contribution in [0.3, 0.4) is 0 Å². The highest BCUT2D eigenvalue weighted by molar-refractivity contribution is 7.80. The van der Waals surface area contributed by atoms with Gasteiger partial charge in [-0.05, 0) is 39.5 Å². The molecule has 1 unspecified atom stereocenters. The summed E-state index contributed by atoms with van der Waals surface area (Å²) in [4.78, 5) is 12.9. The van der Waals surface area contributed by atoms with Gasteiger partial charge in [-0.1, -0.05) is 25.1 Å². The first kappa shape index (κ1) is 14.7. The van der Waals surface area contributed by atoms with E-state index in [-0.39, 0.29) is 17.6 Å². The molecule has 5 heteroatoms. The zero-order valence-electron chi connectivity index (χ0n) is 11.8. The number of nitrogens with two attached hydrogens (primary N) is 1. The van der Waals surface area contributed by atoms with Crippen LogP contribution in [-0.4, -0.2) is 29.1 Å². The topological polar surface area (TPSA) is 64.4 Å². The van der Waals surface area contributed by atoms with Gasteiger partial charge in [0.25, 0.3) is 0 Å². The number of hydrogen-bond donors (Lipinski definition) is 2. The predicted molar refractivity (Wildman–Crippen MR) is 78.9 cm³/mol. The number of amides is 1. The molecule has 2 fully saturated rings. The number of thiocarbonyl (C=S) groups is 1. The summed E-state index contributed by atoms with van der Waals surface area (Å²) >= 11 is 5.15. The molecule has 1 aliphatic carbocycles. The van der Waals surface area contributed by atoms with E-state index in [0.29, 0.717) is 11.6 Å². The standard InChI is InChI=1S/C14H24N2O2S/c1-13(2)9-10(5-8-18-13)16-12(17)14(11(15)19)6-3-4-7-14/h10H,3-9H2,1-2H3,(H2,15,19)(H,16,17). The van der Waals surface area contributed by atoms with E-state index >= 15 is 0 Å². The number of hydrogen-bond acceptors (Lipinski definition) is 3. The molecule has 0 radical (unpaired) electrons. The van der Waals surface area contributed by atoms with Crippen LogP contribution in [0.5, 0.6) is 0 Å². The van der Waals surface area contributed by atoms with Crippen molar-refractivity contribution in [1.82, 2.24) is 5.32 Å². The van der Waals surface area contributed by atoms with Crippen molar-refractivity contribution in [2.75, 3.05) is 6.61 Å². The van der Waals surface area contributed by atoms with Gasteiger partial charge in [0.2, 0.25) is 5.91 Å². The van der Waals surface area contributed by atoms with Crippen molar-refractivity contribution >= 4 is 23.1 Å². The Bertz CT molecular complexity index is 376. The van der Waals surface area contributed by atoms with Gasteiger partial charge in [-0.2, -0.15) is 0 Å². The Labute approximate surface area is 120 Å². The van der Waals surface area contributed by atoms with Crippen LogP contribution in [0.2, 0.25) is 0 Å². The van der Waals surface area contributed by atoms with Crippen LogP contribution in [0.4, 0.5) is 0 Å². The number of ether oxygens (including phenoxy) is 1. The molecule has 1 saturated heterocycles. The fraction of sp³-hybridized carbons (Fsp3) is 0.857. The lowest BCUT2D eigenvalue weighted by Gasteiger charge is -2.37. The molecule has 1 amide bonds. The zero-order valence-corrected chi connectivity index (χ0v) is 12.6. The van der Waals surface area contributed by atoms with E-state index in [2.05, 4.69) is 19.2 Å². The first-order valence-corrected chi connectivity index (χ1v) is 7.51. The number of rotatable bonds is 3. The van der Waals surface area contributed by atoms with Crippen molar-refractivity contribution in [2.45, 2.75) is 64.0 Å². The Morgan fingerprint density at radius 2 is 2.00 bits per heavy atom. The van der Waals surface area contributed by atoms with Gasteiger partial charge in [0.1, 0.15) is 0 Å². The first-order chi connectivity index (χ1) is 8.86. The molecule has 0 bridgehead atoms. The molecule has 0 aromatic heterocycles. The molecule has 1 aliphatic heterocycles. The van der Waals surface area contributed by atoms with E-state index in [1.807, 2.05) is 0 Å². The van der Waals surface area contributed by atoms with Gasteiger partial charge in [0.15, 0.2) is 0 Å². The molecule has 0 aromatic rings. The zero-order chi connectivity index (χ0) is 14.1.